The average Bonchev–Trinajstić information content (AvgIpc) is 3.14. The van der Waals surface area contributed by atoms with E-state index in [1.807, 2.05) is 38.2 Å². The Balaban J connectivity index is 1.88. The van der Waals surface area contributed by atoms with Crippen LogP contribution in [0.4, 0.5) is 0 Å². The number of aromatic nitrogens is 5. The number of hydrogen-bond acceptors (Lipinski definition) is 6. The molecule has 0 amide bonds. The highest BCUT2D eigenvalue weighted by molar-refractivity contribution is 5.51. The molecule has 2 heterocycles. The van der Waals surface area contributed by atoms with Crippen LogP contribution in [0, 0.1) is 13.8 Å². The highest BCUT2D eigenvalue weighted by Gasteiger charge is 2.18. The van der Waals surface area contributed by atoms with Gasteiger partial charge in [-0.1, -0.05) is 28.1 Å². The van der Waals surface area contributed by atoms with Crippen LogP contribution in [0.3, 0.4) is 0 Å². The molecule has 0 saturated carbocycles. The first-order valence-corrected chi connectivity index (χ1v) is 7.58. The van der Waals surface area contributed by atoms with Gasteiger partial charge < -0.3 is 9.84 Å². The van der Waals surface area contributed by atoms with Gasteiger partial charge in [-0.15, -0.1) is 5.10 Å². The lowest BCUT2D eigenvalue weighted by Crippen LogP contribution is -2.24. The highest BCUT2D eigenvalue weighted by Crippen LogP contribution is 2.21. The minimum atomic E-state index is 0.282. The standard InChI is InChI=1S/C16H20N6O/c1-10-5-7-13(8-6-10)22-12(3)15(19-21-22)16-18-14(20-23-16)9-11(2)17-4/h5-8,11,17H,9H2,1-4H3. The molecule has 1 unspecified atom stereocenters. The van der Waals surface area contributed by atoms with E-state index in [0.717, 1.165) is 11.4 Å². The van der Waals surface area contributed by atoms with Crippen molar-refractivity contribution in [2.45, 2.75) is 33.2 Å². The van der Waals surface area contributed by atoms with Gasteiger partial charge in [0.25, 0.3) is 5.89 Å². The Morgan fingerprint density at radius 3 is 2.65 bits per heavy atom. The van der Waals surface area contributed by atoms with Crippen molar-refractivity contribution in [3.63, 3.8) is 0 Å². The SMILES string of the molecule is CNC(C)Cc1noc(-c2nnn(-c3ccc(C)cc3)c2C)n1. The van der Waals surface area contributed by atoms with E-state index in [9.17, 15) is 0 Å². The molecule has 1 N–H and O–H groups in total. The van der Waals surface area contributed by atoms with Crippen LogP contribution in [0.15, 0.2) is 28.8 Å². The molecule has 3 aromatic rings. The van der Waals surface area contributed by atoms with Crippen LogP contribution in [0.2, 0.25) is 0 Å². The zero-order valence-electron chi connectivity index (χ0n) is 13.7. The molecule has 120 valence electrons. The van der Waals surface area contributed by atoms with Crippen molar-refractivity contribution in [2.75, 3.05) is 7.05 Å². The number of nitrogens with zero attached hydrogens (tertiary/aromatic N) is 5. The molecule has 0 spiro atoms. The van der Waals surface area contributed by atoms with Crippen molar-refractivity contribution in [1.82, 2.24) is 30.5 Å². The van der Waals surface area contributed by atoms with Crippen LogP contribution in [-0.4, -0.2) is 38.2 Å². The molecule has 0 radical (unpaired) electrons. The van der Waals surface area contributed by atoms with Gasteiger partial charge in [0.15, 0.2) is 11.5 Å². The lowest BCUT2D eigenvalue weighted by molar-refractivity contribution is 0.417. The summed E-state index contributed by atoms with van der Waals surface area (Å²) in [6, 6.07) is 8.38. The van der Waals surface area contributed by atoms with Gasteiger partial charge in [0, 0.05) is 12.5 Å². The Morgan fingerprint density at radius 2 is 1.96 bits per heavy atom. The molecule has 1 atom stereocenters. The van der Waals surface area contributed by atoms with Crippen LogP contribution in [-0.2, 0) is 6.42 Å². The monoisotopic (exact) mass is 312 g/mol. The number of benzene rings is 1. The third kappa shape index (κ3) is 3.14. The lowest BCUT2D eigenvalue weighted by atomic mass is 10.2. The van der Waals surface area contributed by atoms with Crippen molar-refractivity contribution in [1.29, 1.82) is 0 Å². The first-order chi connectivity index (χ1) is 11.1. The third-order valence-electron chi connectivity index (χ3n) is 3.83. The van der Waals surface area contributed by atoms with E-state index >= 15 is 0 Å². The molecule has 0 bridgehead atoms. The second kappa shape index (κ2) is 6.29. The molecule has 0 aliphatic rings. The lowest BCUT2D eigenvalue weighted by Gasteiger charge is -2.04. The molecule has 0 aliphatic carbocycles. The Hall–Kier alpha value is -2.54. The van der Waals surface area contributed by atoms with E-state index in [-0.39, 0.29) is 6.04 Å². The predicted molar refractivity (Wildman–Crippen MR) is 86.4 cm³/mol. The first kappa shape index (κ1) is 15.4. The van der Waals surface area contributed by atoms with Crippen LogP contribution in [0.5, 0.6) is 0 Å². The van der Waals surface area contributed by atoms with Gasteiger partial charge in [-0.3, -0.25) is 0 Å². The Morgan fingerprint density at radius 1 is 1.22 bits per heavy atom. The molecule has 0 aliphatic heterocycles. The van der Waals surface area contributed by atoms with Crippen LogP contribution in [0.1, 0.15) is 24.0 Å². The largest absolute Gasteiger partial charge is 0.332 e. The maximum absolute atomic E-state index is 5.34. The summed E-state index contributed by atoms with van der Waals surface area (Å²) in [6.45, 7) is 6.06. The van der Waals surface area contributed by atoms with E-state index in [1.54, 1.807) is 4.68 Å². The molecule has 7 nitrogen and oxygen atoms in total. The first-order valence-electron chi connectivity index (χ1n) is 7.58. The fraction of sp³-hybridized carbons (Fsp3) is 0.375. The summed E-state index contributed by atoms with van der Waals surface area (Å²) in [5, 5.41) is 15.6. The summed E-state index contributed by atoms with van der Waals surface area (Å²) in [4.78, 5) is 4.42. The number of rotatable bonds is 5. The summed E-state index contributed by atoms with van der Waals surface area (Å²) in [7, 11) is 1.91. The van der Waals surface area contributed by atoms with Crippen molar-refractivity contribution in [3.8, 4) is 17.3 Å². The van der Waals surface area contributed by atoms with Gasteiger partial charge in [-0.2, -0.15) is 4.98 Å². The number of nitrogens with one attached hydrogen (secondary N) is 1. The average molecular weight is 312 g/mol. The summed E-state index contributed by atoms with van der Waals surface area (Å²) in [5.74, 6) is 1.06. The van der Waals surface area contributed by atoms with E-state index in [1.165, 1.54) is 5.56 Å². The molecular weight excluding hydrogens is 292 g/mol. The molecule has 0 saturated heterocycles. The Bertz CT molecular complexity index is 789. The number of hydrogen-bond donors (Lipinski definition) is 1. The Kier molecular flexibility index (Phi) is 4.20. The highest BCUT2D eigenvalue weighted by atomic mass is 16.5. The maximum Gasteiger partial charge on any atom is 0.280 e. The van der Waals surface area contributed by atoms with Crippen LogP contribution < -0.4 is 5.32 Å². The number of likely N-dealkylation sites (N-methyl/N-ethyl adjacent to an activating group) is 1. The van der Waals surface area contributed by atoms with Crippen molar-refractivity contribution in [2.24, 2.45) is 0 Å². The smallest absolute Gasteiger partial charge is 0.280 e. The molecular formula is C16H20N6O. The second-order valence-electron chi connectivity index (χ2n) is 5.68. The van der Waals surface area contributed by atoms with Gasteiger partial charge >= 0.3 is 0 Å². The summed E-state index contributed by atoms with van der Waals surface area (Å²) in [5.41, 5.74) is 3.63. The van der Waals surface area contributed by atoms with Gasteiger partial charge in [0.05, 0.1) is 11.4 Å². The molecule has 1 aromatic carbocycles. The molecule has 2 aromatic heterocycles. The Labute approximate surface area is 134 Å². The normalized spacial score (nSPS) is 12.5. The molecule has 23 heavy (non-hydrogen) atoms. The van der Waals surface area contributed by atoms with E-state index in [4.69, 9.17) is 4.52 Å². The quantitative estimate of drug-likeness (QED) is 0.777. The van der Waals surface area contributed by atoms with Gasteiger partial charge in [-0.25, -0.2) is 4.68 Å². The minimum Gasteiger partial charge on any atom is -0.332 e. The van der Waals surface area contributed by atoms with E-state index in [0.29, 0.717) is 23.8 Å². The van der Waals surface area contributed by atoms with Gasteiger partial charge in [-0.05, 0) is 40.0 Å². The molecule has 0 fully saturated rings. The summed E-state index contributed by atoms with van der Waals surface area (Å²) in [6.07, 6.45) is 0.700. The van der Waals surface area contributed by atoms with E-state index < -0.39 is 0 Å². The fourth-order valence-corrected chi connectivity index (χ4v) is 2.27. The van der Waals surface area contributed by atoms with Crippen LogP contribution in [0.25, 0.3) is 17.3 Å². The van der Waals surface area contributed by atoms with Crippen molar-refractivity contribution < 1.29 is 4.52 Å². The summed E-state index contributed by atoms with van der Waals surface area (Å²) < 4.78 is 7.11. The second-order valence-corrected chi connectivity index (χ2v) is 5.68. The number of aryl methyl sites for hydroxylation is 1. The van der Waals surface area contributed by atoms with E-state index in [2.05, 4.69) is 39.6 Å². The maximum atomic E-state index is 5.34. The topological polar surface area (TPSA) is 81.7 Å². The third-order valence-corrected chi connectivity index (χ3v) is 3.83. The predicted octanol–water partition coefficient (Wildman–Crippen LogP) is 2.08. The minimum absolute atomic E-state index is 0.282. The summed E-state index contributed by atoms with van der Waals surface area (Å²) >= 11 is 0. The van der Waals surface area contributed by atoms with Gasteiger partial charge in [0.2, 0.25) is 0 Å². The molecule has 7 heteroatoms. The van der Waals surface area contributed by atoms with Crippen LogP contribution >= 0.6 is 0 Å². The zero-order chi connectivity index (χ0) is 16.4. The van der Waals surface area contributed by atoms with Crippen molar-refractivity contribution >= 4 is 0 Å². The zero-order valence-corrected chi connectivity index (χ0v) is 13.7. The van der Waals surface area contributed by atoms with Crippen molar-refractivity contribution in [3.05, 3.63) is 41.3 Å². The van der Waals surface area contributed by atoms with Gasteiger partial charge in [0.1, 0.15) is 0 Å². The molecule has 3 rings (SSSR count). The fourth-order valence-electron chi connectivity index (χ4n) is 2.27.